The molecule has 2 heterocycles. The summed E-state index contributed by atoms with van der Waals surface area (Å²) >= 11 is 0. The second-order valence-corrected chi connectivity index (χ2v) is 10.9. The van der Waals surface area contributed by atoms with Gasteiger partial charge in [-0.25, -0.2) is 0 Å². The smallest absolute Gasteiger partial charge is 0.143 e. The van der Waals surface area contributed by atoms with Crippen molar-refractivity contribution in [3.63, 3.8) is 0 Å². The Hall–Kier alpha value is -5.80. The van der Waals surface area contributed by atoms with E-state index >= 15 is 0 Å². The van der Waals surface area contributed by atoms with Gasteiger partial charge in [-0.3, -0.25) is 0 Å². The highest BCUT2D eigenvalue weighted by Crippen LogP contribution is 2.42. The number of hydrogen-bond acceptors (Lipinski definition) is 3. The van der Waals surface area contributed by atoms with Crippen LogP contribution in [0.3, 0.4) is 0 Å². The minimum absolute atomic E-state index is 0.892. The molecule has 3 nitrogen and oxygen atoms in total. The first-order valence-electron chi connectivity index (χ1n) is 14.5. The van der Waals surface area contributed by atoms with Crippen LogP contribution in [0, 0.1) is 0 Å². The van der Waals surface area contributed by atoms with E-state index in [1.54, 1.807) is 0 Å². The fourth-order valence-electron chi connectivity index (χ4n) is 6.44. The molecule has 0 unspecified atom stereocenters. The Balaban J connectivity index is 1.21. The normalized spacial score (nSPS) is 11.7. The monoisotopic (exact) mass is 551 g/mol. The average molecular weight is 552 g/mol. The maximum Gasteiger partial charge on any atom is 0.143 e. The number of furan rings is 2. The molecule has 43 heavy (non-hydrogen) atoms. The van der Waals surface area contributed by atoms with Crippen molar-refractivity contribution in [3.8, 4) is 11.1 Å². The number of rotatable bonds is 4. The lowest BCUT2D eigenvalue weighted by Gasteiger charge is -2.27. The number of para-hydroxylation sites is 4. The Kier molecular flexibility index (Phi) is 5.20. The summed E-state index contributed by atoms with van der Waals surface area (Å²) in [5, 5.41) is 6.85. The lowest BCUT2D eigenvalue weighted by Crippen LogP contribution is -2.10. The molecule has 0 radical (unpaired) electrons. The first kappa shape index (κ1) is 23.9. The maximum absolute atomic E-state index is 6.34. The van der Waals surface area contributed by atoms with Crippen LogP contribution in [0.5, 0.6) is 0 Å². The molecule has 2 aromatic heterocycles. The molecule has 0 spiro atoms. The van der Waals surface area contributed by atoms with E-state index in [-0.39, 0.29) is 0 Å². The molecular formula is C40H25NO2. The molecule has 0 aliphatic rings. The van der Waals surface area contributed by atoms with E-state index < -0.39 is 0 Å². The number of fused-ring (bicyclic) bond motifs is 7. The summed E-state index contributed by atoms with van der Waals surface area (Å²) in [6.07, 6.45) is 0. The number of anilines is 3. The van der Waals surface area contributed by atoms with E-state index in [0.29, 0.717) is 0 Å². The molecular weight excluding hydrogens is 526 g/mol. The van der Waals surface area contributed by atoms with Crippen molar-refractivity contribution in [1.82, 2.24) is 0 Å². The molecule has 9 aromatic rings. The van der Waals surface area contributed by atoms with Crippen LogP contribution in [0.25, 0.3) is 65.8 Å². The SMILES string of the molecule is c1ccc(N(c2ccc(-c3cccc4c3oc3ccccc34)cc2)c2cccc3cc4c(cc23)oc2ccccc24)cc1. The molecule has 0 saturated carbocycles. The molecule has 202 valence electrons. The van der Waals surface area contributed by atoms with Gasteiger partial charge in [0.25, 0.3) is 0 Å². The minimum Gasteiger partial charge on any atom is -0.456 e. The lowest BCUT2D eigenvalue weighted by molar-refractivity contribution is 0.669. The predicted octanol–water partition coefficient (Wildman–Crippen LogP) is 11.8. The summed E-state index contributed by atoms with van der Waals surface area (Å²) in [6.45, 7) is 0. The maximum atomic E-state index is 6.34. The van der Waals surface area contributed by atoms with Crippen molar-refractivity contribution in [2.24, 2.45) is 0 Å². The third-order valence-corrected chi connectivity index (χ3v) is 8.45. The van der Waals surface area contributed by atoms with Crippen LogP contribution in [-0.4, -0.2) is 0 Å². The zero-order valence-corrected chi connectivity index (χ0v) is 23.2. The van der Waals surface area contributed by atoms with E-state index in [4.69, 9.17) is 8.83 Å². The molecule has 0 N–H and O–H groups in total. The summed E-state index contributed by atoms with van der Waals surface area (Å²) in [5.41, 5.74) is 9.08. The van der Waals surface area contributed by atoms with Gasteiger partial charge in [-0.15, -0.1) is 0 Å². The fraction of sp³-hybridized carbons (Fsp3) is 0. The Morgan fingerprint density at radius 3 is 1.86 bits per heavy atom. The highest BCUT2D eigenvalue weighted by molar-refractivity contribution is 6.13. The van der Waals surface area contributed by atoms with Crippen molar-refractivity contribution in [3.05, 3.63) is 152 Å². The van der Waals surface area contributed by atoms with Crippen LogP contribution in [0.1, 0.15) is 0 Å². The highest BCUT2D eigenvalue weighted by atomic mass is 16.3. The van der Waals surface area contributed by atoms with E-state index in [2.05, 4.69) is 132 Å². The van der Waals surface area contributed by atoms with Gasteiger partial charge in [-0.05, 0) is 65.5 Å². The van der Waals surface area contributed by atoms with Gasteiger partial charge in [-0.1, -0.05) is 97.1 Å². The molecule has 0 aliphatic heterocycles. The number of benzene rings is 7. The van der Waals surface area contributed by atoms with Gasteiger partial charge in [0.2, 0.25) is 0 Å². The minimum atomic E-state index is 0.892. The summed E-state index contributed by atoms with van der Waals surface area (Å²) in [6, 6.07) is 53.1. The van der Waals surface area contributed by atoms with Crippen LogP contribution in [0.2, 0.25) is 0 Å². The summed E-state index contributed by atoms with van der Waals surface area (Å²) in [5.74, 6) is 0. The summed E-state index contributed by atoms with van der Waals surface area (Å²) in [7, 11) is 0. The van der Waals surface area contributed by atoms with E-state index in [1.807, 2.05) is 24.3 Å². The highest BCUT2D eigenvalue weighted by Gasteiger charge is 2.18. The first-order valence-corrected chi connectivity index (χ1v) is 14.5. The van der Waals surface area contributed by atoms with Gasteiger partial charge < -0.3 is 13.7 Å². The Morgan fingerprint density at radius 1 is 0.395 bits per heavy atom. The van der Waals surface area contributed by atoms with Gasteiger partial charge in [0.05, 0.1) is 5.69 Å². The summed E-state index contributed by atoms with van der Waals surface area (Å²) in [4.78, 5) is 2.32. The van der Waals surface area contributed by atoms with Gasteiger partial charge in [0, 0.05) is 43.9 Å². The van der Waals surface area contributed by atoms with Gasteiger partial charge >= 0.3 is 0 Å². The number of nitrogens with zero attached hydrogens (tertiary/aromatic N) is 1. The standard InChI is InChI=1S/C40H25NO2/c1-2-11-28(12-3-1)41(36-17-8-10-27-24-35-32-14-5-6-18-37(32)42-39(35)25-34(27)36)29-22-20-26(21-23-29)30-15-9-16-33-31-13-4-7-19-38(31)43-40(30)33/h1-25H. The Bertz CT molecular complexity index is 2450. The van der Waals surface area contributed by atoms with Crippen molar-refractivity contribution in [1.29, 1.82) is 0 Å². The van der Waals surface area contributed by atoms with Crippen molar-refractivity contribution >= 4 is 71.7 Å². The number of hydrogen-bond donors (Lipinski definition) is 0. The molecule has 0 aliphatic carbocycles. The second-order valence-electron chi connectivity index (χ2n) is 10.9. The van der Waals surface area contributed by atoms with Crippen molar-refractivity contribution in [2.75, 3.05) is 4.90 Å². The molecule has 7 aromatic carbocycles. The average Bonchev–Trinajstić information content (AvgIpc) is 3.63. The lowest BCUT2D eigenvalue weighted by atomic mass is 10.0. The van der Waals surface area contributed by atoms with E-state index in [0.717, 1.165) is 77.5 Å². The Morgan fingerprint density at radius 2 is 1.05 bits per heavy atom. The third-order valence-electron chi connectivity index (χ3n) is 8.45. The van der Waals surface area contributed by atoms with Crippen molar-refractivity contribution < 1.29 is 8.83 Å². The van der Waals surface area contributed by atoms with Crippen LogP contribution in [0.4, 0.5) is 17.1 Å². The van der Waals surface area contributed by atoms with E-state index in [9.17, 15) is 0 Å². The van der Waals surface area contributed by atoms with Crippen LogP contribution < -0.4 is 4.90 Å². The predicted molar refractivity (Wildman–Crippen MR) is 179 cm³/mol. The van der Waals surface area contributed by atoms with Gasteiger partial charge in [0.15, 0.2) is 0 Å². The molecule has 0 bridgehead atoms. The summed E-state index contributed by atoms with van der Waals surface area (Å²) < 4.78 is 12.6. The van der Waals surface area contributed by atoms with Gasteiger partial charge in [0.1, 0.15) is 22.3 Å². The molecule has 0 fully saturated rings. The van der Waals surface area contributed by atoms with Gasteiger partial charge in [-0.2, -0.15) is 0 Å². The Labute approximate surface area is 247 Å². The van der Waals surface area contributed by atoms with Crippen molar-refractivity contribution in [2.45, 2.75) is 0 Å². The van der Waals surface area contributed by atoms with Crippen LogP contribution in [0.15, 0.2) is 160 Å². The van der Waals surface area contributed by atoms with Crippen LogP contribution >= 0.6 is 0 Å². The topological polar surface area (TPSA) is 29.5 Å². The molecule has 0 amide bonds. The zero-order valence-electron chi connectivity index (χ0n) is 23.2. The molecule has 0 saturated heterocycles. The fourth-order valence-corrected chi connectivity index (χ4v) is 6.44. The van der Waals surface area contributed by atoms with E-state index in [1.165, 1.54) is 5.39 Å². The van der Waals surface area contributed by atoms with Crippen LogP contribution in [-0.2, 0) is 0 Å². The largest absolute Gasteiger partial charge is 0.456 e. The quantitative estimate of drug-likeness (QED) is 0.218. The first-order chi connectivity index (χ1) is 21.3. The molecule has 3 heteroatoms. The molecule has 0 atom stereocenters. The second kappa shape index (κ2) is 9.37. The zero-order chi connectivity index (χ0) is 28.3. The molecule has 9 rings (SSSR count). The third kappa shape index (κ3) is 3.75.